The average Bonchev–Trinajstić information content (AvgIpc) is 2.93. The van der Waals surface area contributed by atoms with Gasteiger partial charge >= 0.3 is 0 Å². The topological polar surface area (TPSA) is 80.0 Å². The fourth-order valence-electron chi connectivity index (χ4n) is 1.86. The molecule has 1 aromatic heterocycles. The maximum Gasteiger partial charge on any atom is 0.241 e. The van der Waals surface area contributed by atoms with Crippen molar-refractivity contribution in [1.29, 1.82) is 0 Å². The quantitative estimate of drug-likeness (QED) is 0.812. The summed E-state index contributed by atoms with van der Waals surface area (Å²) < 4.78 is 1.41. The number of rotatable bonds is 6. The van der Waals surface area contributed by atoms with Crippen LogP contribution in [-0.4, -0.2) is 32.6 Å². The lowest BCUT2D eigenvalue weighted by atomic mass is 10.0. The molecule has 1 heterocycles. The molecule has 2 N–H and O–H groups in total. The number of benzene rings is 1. The first kappa shape index (κ1) is 14.2. The van der Waals surface area contributed by atoms with Crippen LogP contribution in [0.2, 0.25) is 0 Å². The van der Waals surface area contributed by atoms with Crippen LogP contribution in [0.4, 0.5) is 0 Å². The number of aliphatic hydroxyl groups excluding tert-OH is 1. The molecule has 1 aromatic carbocycles. The second-order valence-corrected chi connectivity index (χ2v) is 4.68. The molecule has 0 bridgehead atoms. The number of amides is 1. The number of aromatic nitrogens is 3. The van der Waals surface area contributed by atoms with E-state index >= 15 is 0 Å². The summed E-state index contributed by atoms with van der Waals surface area (Å²) in [6.07, 6.45) is 1.56. The number of aliphatic hydroxyl groups is 1. The average molecular weight is 274 g/mol. The molecule has 20 heavy (non-hydrogen) atoms. The SMILES string of the molecule is CC(CNC(=O)Cn1cc(CO)nn1)c1ccccc1. The van der Waals surface area contributed by atoms with E-state index in [1.165, 1.54) is 10.2 Å². The van der Waals surface area contributed by atoms with Crippen molar-refractivity contribution >= 4 is 5.91 Å². The van der Waals surface area contributed by atoms with Crippen molar-refractivity contribution in [2.75, 3.05) is 6.54 Å². The van der Waals surface area contributed by atoms with E-state index in [0.717, 1.165) is 0 Å². The molecular weight excluding hydrogens is 256 g/mol. The Hall–Kier alpha value is -2.21. The van der Waals surface area contributed by atoms with Crippen molar-refractivity contribution < 1.29 is 9.90 Å². The molecule has 1 unspecified atom stereocenters. The van der Waals surface area contributed by atoms with Crippen molar-refractivity contribution in [3.05, 3.63) is 47.8 Å². The van der Waals surface area contributed by atoms with Crippen molar-refractivity contribution in [3.8, 4) is 0 Å². The maximum atomic E-state index is 11.8. The lowest BCUT2D eigenvalue weighted by Crippen LogP contribution is -2.30. The minimum Gasteiger partial charge on any atom is -0.390 e. The van der Waals surface area contributed by atoms with Gasteiger partial charge < -0.3 is 10.4 Å². The first-order chi connectivity index (χ1) is 9.69. The zero-order chi connectivity index (χ0) is 14.4. The number of carbonyl (C=O) groups excluding carboxylic acids is 1. The monoisotopic (exact) mass is 274 g/mol. The number of carbonyl (C=O) groups is 1. The van der Waals surface area contributed by atoms with Gasteiger partial charge in [0.2, 0.25) is 5.91 Å². The predicted molar refractivity (Wildman–Crippen MR) is 73.8 cm³/mol. The van der Waals surface area contributed by atoms with Crippen LogP contribution in [-0.2, 0) is 17.9 Å². The smallest absolute Gasteiger partial charge is 0.241 e. The van der Waals surface area contributed by atoms with E-state index in [2.05, 4.69) is 22.6 Å². The van der Waals surface area contributed by atoms with Crippen molar-refractivity contribution in [2.45, 2.75) is 26.0 Å². The second kappa shape index (κ2) is 6.81. The summed E-state index contributed by atoms with van der Waals surface area (Å²) in [4.78, 5) is 11.8. The maximum absolute atomic E-state index is 11.8. The van der Waals surface area contributed by atoms with Gasteiger partial charge in [-0.15, -0.1) is 5.10 Å². The molecule has 0 aliphatic carbocycles. The molecule has 106 valence electrons. The molecular formula is C14H18N4O2. The molecule has 0 saturated heterocycles. The van der Waals surface area contributed by atoms with Crippen LogP contribution in [0.1, 0.15) is 24.1 Å². The molecule has 0 fully saturated rings. The van der Waals surface area contributed by atoms with Crippen molar-refractivity contribution in [2.24, 2.45) is 0 Å². The van der Waals surface area contributed by atoms with Gasteiger partial charge in [-0.25, -0.2) is 4.68 Å². The minimum atomic E-state index is -0.174. The highest BCUT2D eigenvalue weighted by molar-refractivity contribution is 5.75. The van der Waals surface area contributed by atoms with Crippen LogP contribution in [0, 0.1) is 0 Å². The number of nitrogens with zero attached hydrogens (tertiary/aromatic N) is 3. The van der Waals surface area contributed by atoms with Crippen LogP contribution < -0.4 is 5.32 Å². The zero-order valence-corrected chi connectivity index (χ0v) is 11.4. The molecule has 1 amide bonds. The predicted octanol–water partition coefficient (Wildman–Crippen LogP) is 0.690. The Labute approximate surface area is 117 Å². The lowest BCUT2D eigenvalue weighted by Gasteiger charge is -2.12. The first-order valence-corrected chi connectivity index (χ1v) is 6.50. The van der Waals surface area contributed by atoms with Crippen LogP contribution in [0.3, 0.4) is 0 Å². The minimum absolute atomic E-state index is 0.106. The van der Waals surface area contributed by atoms with Gasteiger partial charge in [-0.05, 0) is 11.5 Å². The number of nitrogens with one attached hydrogen (secondary N) is 1. The summed E-state index contributed by atoms with van der Waals surface area (Å²) in [6, 6.07) is 10.0. The molecule has 2 rings (SSSR count). The molecule has 6 nitrogen and oxygen atoms in total. The fourth-order valence-corrected chi connectivity index (χ4v) is 1.86. The molecule has 6 heteroatoms. The summed E-state index contributed by atoms with van der Waals surface area (Å²) in [7, 11) is 0. The lowest BCUT2D eigenvalue weighted by molar-refractivity contribution is -0.121. The normalized spacial score (nSPS) is 12.1. The van der Waals surface area contributed by atoms with E-state index in [1.54, 1.807) is 6.20 Å². The summed E-state index contributed by atoms with van der Waals surface area (Å²) in [5.74, 6) is 0.131. The Morgan fingerprint density at radius 3 is 2.80 bits per heavy atom. The third-order valence-electron chi connectivity index (χ3n) is 3.03. The first-order valence-electron chi connectivity index (χ1n) is 6.50. The van der Waals surface area contributed by atoms with Gasteiger partial charge in [0.05, 0.1) is 12.8 Å². The van der Waals surface area contributed by atoms with Crippen molar-refractivity contribution in [3.63, 3.8) is 0 Å². The Morgan fingerprint density at radius 1 is 1.40 bits per heavy atom. The fraction of sp³-hybridized carbons (Fsp3) is 0.357. The summed E-state index contributed by atoms with van der Waals surface area (Å²) in [5.41, 5.74) is 1.64. The van der Waals surface area contributed by atoms with E-state index in [0.29, 0.717) is 12.2 Å². The second-order valence-electron chi connectivity index (χ2n) is 4.68. The highest BCUT2D eigenvalue weighted by atomic mass is 16.3. The third kappa shape index (κ3) is 3.89. The molecule has 0 spiro atoms. The summed E-state index contributed by atoms with van der Waals surface area (Å²) in [5, 5.41) is 19.2. The van der Waals surface area contributed by atoms with E-state index in [-0.39, 0.29) is 25.0 Å². The Balaban J connectivity index is 1.80. The van der Waals surface area contributed by atoms with Crippen LogP contribution in [0.25, 0.3) is 0 Å². The Bertz CT molecular complexity index is 553. The van der Waals surface area contributed by atoms with E-state index in [1.807, 2.05) is 30.3 Å². The van der Waals surface area contributed by atoms with E-state index < -0.39 is 0 Å². The number of hydrogen-bond acceptors (Lipinski definition) is 4. The molecule has 0 aliphatic rings. The zero-order valence-electron chi connectivity index (χ0n) is 11.4. The standard InChI is InChI=1S/C14H18N4O2/c1-11(12-5-3-2-4-6-12)7-15-14(20)9-18-8-13(10-19)16-17-18/h2-6,8,11,19H,7,9-10H2,1H3,(H,15,20). The van der Waals surface area contributed by atoms with Gasteiger partial charge in [0.1, 0.15) is 12.2 Å². The molecule has 1 atom stereocenters. The van der Waals surface area contributed by atoms with Gasteiger partial charge in [0.15, 0.2) is 0 Å². The van der Waals surface area contributed by atoms with Gasteiger partial charge in [-0.1, -0.05) is 42.5 Å². The van der Waals surface area contributed by atoms with Crippen LogP contribution in [0.5, 0.6) is 0 Å². The largest absolute Gasteiger partial charge is 0.390 e. The van der Waals surface area contributed by atoms with E-state index in [4.69, 9.17) is 5.11 Å². The van der Waals surface area contributed by atoms with Gasteiger partial charge in [0.25, 0.3) is 0 Å². The molecule has 0 saturated carbocycles. The Morgan fingerprint density at radius 2 is 2.15 bits per heavy atom. The van der Waals surface area contributed by atoms with Gasteiger partial charge in [-0.2, -0.15) is 0 Å². The number of hydrogen-bond donors (Lipinski definition) is 2. The van der Waals surface area contributed by atoms with Gasteiger partial charge in [-0.3, -0.25) is 4.79 Å². The van der Waals surface area contributed by atoms with Gasteiger partial charge in [0, 0.05) is 6.54 Å². The summed E-state index contributed by atoms with van der Waals surface area (Å²) >= 11 is 0. The van der Waals surface area contributed by atoms with Crippen LogP contribution in [0.15, 0.2) is 36.5 Å². The Kier molecular flexibility index (Phi) is 4.84. The van der Waals surface area contributed by atoms with Crippen LogP contribution >= 0.6 is 0 Å². The third-order valence-corrected chi connectivity index (χ3v) is 3.03. The van der Waals surface area contributed by atoms with E-state index in [9.17, 15) is 4.79 Å². The highest BCUT2D eigenvalue weighted by Gasteiger charge is 2.09. The molecule has 2 aromatic rings. The van der Waals surface area contributed by atoms with Crippen molar-refractivity contribution in [1.82, 2.24) is 20.3 Å². The molecule has 0 aliphatic heterocycles. The summed E-state index contributed by atoms with van der Waals surface area (Å²) in [6.45, 7) is 2.57. The molecule has 0 radical (unpaired) electrons. The highest BCUT2D eigenvalue weighted by Crippen LogP contribution is 2.12.